The Morgan fingerprint density at radius 2 is 2.50 bits per heavy atom. The molecular formula is C3H3NO2. The highest BCUT2D eigenvalue weighted by molar-refractivity contribution is 5.80. The summed E-state index contributed by atoms with van der Waals surface area (Å²) in [6.07, 6.45) is 0.861. The highest BCUT2D eigenvalue weighted by Crippen LogP contribution is 1.66. The van der Waals surface area contributed by atoms with Crippen molar-refractivity contribution in [3.05, 3.63) is 12.7 Å². The van der Waals surface area contributed by atoms with Crippen LogP contribution in [0.5, 0.6) is 0 Å². The van der Waals surface area contributed by atoms with Crippen molar-refractivity contribution in [2.45, 2.75) is 0 Å². The molecule has 0 aromatic rings. The highest BCUT2D eigenvalue weighted by atomic mass is 16.7. The minimum atomic E-state index is -0.838. The molecule has 0 bridgehead atoms. The smallest absolute Gasteiger partial charge is 0.325 e. The molecular weight excluding hydrogens is 82.0 g/mol. The number of nitrogens with zero attached hydrogens (tertiary/aromatic N) is 1. The Morgan fingerprint density at radius 1 is 2.00 bits per heavy atom. The molecule has 0 aliphatic carbocycles. The first-order chi connectivity index (χ1) is 2.81. The average molecular weight is 85.1 g/mol. The SMILES string of the molecule is C=CC(=O)O[N]. The van der Waals surface area contributed by atoms with Gasteiger partial charge in [-0.3, -0.25) is 0 Å². The average Bonchev–Trinajstić information content (AvgIpc) is 1.65. The van der Waals surface area contributed by atoms with Crippen LogP contribution in [0.1, 0.15) is 0 Å². The Bertz CT molecular complexity index is 69.2. The highest BCUT2D eigenvalue weighted by Gasteiger charge is 1.85. The monoisotopic (exact) mass is 85.0 g/mol. The van der Waals surface area contributed by atoms with Crippen molar-refractivity contribution in [3.8, 4) is 0 Å². The maximum atomic E-state index is 9.59. The molecule has 0 unspecified atom stereocenters. The van der Waals surface area contributed by atoms with Crippen LogP contribution >= 0.6 is 0 Å². The van der Waals surface area contributed by atoms with E-state index in [9.17, 15) is 4.79 Å². The van der Waals surface area contributed by atoms with Crippen molar-refractivity contribution >= 4 is 5.97 Å². The van der Waals surface area contributed by atoms with Gasteiger partial charge in [-0.1, -0.05) is 6.58 Å². The van der Waals surface area contributed by atoms with Gasteiger partial charge in [0.2, 0.25) is 0 Å². The van der Waals surface area contributed by atoms with Crippen molar-refractivity contribution in [2.75, 3.05) is 0 Å². The molecule has 3 nitrogen and oxygen atoms in total. The summed E-state index contributed by atoms with van der Waals surface area (Å²) in [5, 5.41) is 0. The fourth-order valence-corrected chi connectivity index (χ4v) is 0.0373. The molecule has 0 saturated carbocycles. The topological polar surface area (TPSA) is 48.6 Å². The zero-order valence-electron chi connectivity index (χ0n) is 3.05. The summed E-state index contributed by atoms with van der Waals surface area (Å²) in [4.78, 5) is 12.7. The van der Waals surface area contributed by atoms with E-state index in [4.69, 9.17) is 5.90 Å². The van der Waals surface area contributed by atoms with Gasteiger partial charge in [0.25, 0.3) is 0 Å². The lowest BCUT2D eigenvalue weighted by Crippen LogP contribution is -1.94. The Balaban J connectivity index is 3.23. The molecule has 0 atom stereocenters. The zero-order valence-corrected chi connectivity index (χ0v) is 3.05. The van der Waals surface area contributed by atoms with Gasteiger partial charge in [-0.15, -0.1) is 0 Å². The first-order valence-electron chi connectivity index (χ1n) is 1.29. The summed E-state index contributed by atoms with van der Waals surface area (Å²) in [6, 6.07) is 0. The zero-order chi connectivity index (χ0) is 4.99. The van der Waals surface area contributed by atoms with Gasteiger partial charge in [0.05, 0.1) is 0 Å². The van der Waals surface area contributed by atoms with Gasteiger partial charge < -0.3 is 4.84 Å². The molecule has 6 heavy (non-hydrogen) atoms. The summed E-state index contributed by atoms with van der Waals surface area (Å²) in [5.41, 5.74) is 0. The van der Waals surface area contributed by atoms with Gasteiger partial charge in [0.15, 0.2) is 0 Å². The first-order valence-corrected chi connectivity index (χ1v) is 1.29. The van der Waals surface area contributed by atoms with E-state index in [2.05, 4.69) is 11.4 Å². The van der Waals surface area contributed by atoms with Crippen LogP contribution in [0.2, 0.25) is 0 Å². The van der Waals surface area contributed by atoms with E-state index < -0.39 is 5.97 Å². The minimum Gasteiger partial charge on any atom is -0.325 e. The summed E-state index contributed by atoms with van der Waals surface area (Å²) >= 11 is 0. The van der Waals surface area contributed by atoms with E-state index in [0.29, 0.717) is 0 Å². The molecule has 0 heterocycles. The van der Waals surface area contributed by atoms with E-state index in [1.54, 1.807) is 0 Å². The number of hydrogen-bond donors (Lipinski definition) is 0. The largest absolute Gasteiger partial charge is 0.352 e. The van der Waals surface area contributed by atoms with Crippen molar-refractivity contribution in [1.82, 2.24) is 5.90 Å². The molecule has 0 saturated heterocycles. The van der Waals surface area contributed by atoms with E-state index >= 15 is 0 Å². The molecule has 0 spiro atoms. The first kappa shape index (κ1) is 5.17. The molecule has 0 rings (SSSR count). The lowest BCUT2D eigenvalue weighted by molar-refractivity contribution is -0.139. The Kier molecular flexibility index (Phi) is 2.08. The van der Waals surface area contributed by atoms with Gasteiger partial charge in [0.1, 0.15) is 5.90 Å². The van der Waals surface area contributed by atoms with Gasteiger partial charge >= 0.3 is 5.97 Å². The maximum absolute atomic E-state index is 9.59. The van der Waals surface area contributed by atoms with Crippen LogP contribution in [0.4, 0.5) is 0 Å². The summed E-state index contributed by atoms with van der Waals surface area (Å²) in [7, 11) is 0. The van der Waals surface area contributed by atoms with Crippen LogP contribution in [-0.4, -0.2) is 5.97 Å². The van der Waals surface area contributed by atoms with E-state index in [0.717, 1.165) is 6.08 Å². The van der Waals surface area contributed by atoms with Crippen molar-refractivity contribution in [2.24, 2.45) is 0 Å². The quantitative estimate of drug-likeness (QED) is 0.324. The molecule has 0 N–H and O–H groups in total. The molecule has 0 aliphatic rings. The van der Waals surface area contributed by atoms with Gasteiger partial charge in [-0.05, 0) is 0 Å². The number of carbonyl (C=O) groups is 1. The Morgan fingerprint density at radius 3 is 2.50 bits per heavy atom. The van der Waals surface area contributed by atoms with Gasteiger partial charge in [-0.25, -0.2) is 4.79 Å². The van der Waals surface area contributed by atoms with E-state index in [1.165, 1.54) is 0 Å². The predicted molar refractivity (Wildman–Crippen MR) is 18.4 cm³/mol. The summed E-state index contributed by atoms with van der Waals surface area (Å²) < 4.78 is 0. The fourth-order valence-electron chi connectivity index (χ4n) is 0.0373. The summed E-state index contributed by atoms with van der Waals surface area (Å²) in [6.45, 7) is 3.00. The fraction of sp³-hybridized carbons (Fsp3) is 0. The molecule has 3 heteroatoms. The van der Waals surface area contributed by atoms with Crippen LogP contribution in [0, 0.1) is 0 Å². The number of rotatable bonds is 1. The third kappa shape index (κ3) is 1.49. The molecule has 0 aliphatic heterocycles. The van der Waals surface area contributed by atoms with E-state index in [1.807, 2.05) is 0 Å². The lowest BCUT2D eigenvalue weighted by atomic mass is 10.7. The minimum absolute atomic E-state index is 0.838. The molecule has 0 aromatic heterocycles. The van der Waals surface area contributed by atoms with Crippen molar-refractivity contribution in [1.29, 1.82) is 0 Å². The lowest BCUT2D eigenvalue weighted by Gasteiger charge is -1.76. The summed E-state index contributed by atoms with van der Waals surface area (Å²) in [5.74, 6) is 6.58. The van der Waals surface area contributed by atoms with Gasteiger partial charge in [0, 0.05) is 6.08 Å². The second kappa shape index (κ2) is 2.41. The van der Waals surface area contributed by atoms with Crippen LogP contribution in [-0.2, 0) is 9.63 Å². The standard InChI is InChI=1S/C3H3NO2/c1-2-3(5)6-4/h2H,1H2. The Hall–Kier alpha value is -0.830. The maximum Gasteiger partial charge on any atom is 0.352 e. The van der Waals surface area contributed by atoms with Crippen LogP contribution in [0.3, 0.4) is 0 Å². The number of hydrogen-bond acceptors (Lipinski definition) is 2. The molecule has 2 radical (unpaired) electrons. The Labute approximate surface area is 35.3 Å². The molecule has 0 amide bonds. The number of carbonyl (C=O) groups excluding carboxylic acids is 1. The predicted octanol–water partition coefficient (Wildman–Crippen LogP) is -0.301. The third-order valence-corrected chi connectivity index (χ3v) is 0.257. The van der Waals surface area contributed by atoms with E-state index in [-0.39, 0.29) is 0 Å². The molecule has 0 aromatic carbocycles. The second-order valence-corrected chi connectivity index (χ2v) is 0.614. The second-order valence-electron chi connectivity index (χ2n) is 0.614. The third-order valence-electron chi connectivity index (χ3n) is 0.257. The van der Waals surface area contributed by atoms with Gasteiger partial charge in [-0.2, -0.15) is 0 Å². The van der Waals surface area contributed by atoms with Crippen LogP contribution in [0.15, 0.2) is 12.7 Å². The molecule has 32 valence electrons. The van der Waals surface area contributed by atoms with Crippen molar-refractivity contribution < 1.29 is 9.63 Å². The normalized spacial score (nSPS) is 6.83. The van der Waals surface area contributed by atoms with Crippen LogP contribution < -0.4 is 5.90 Å². The van der Waals surface area contributed by atoms with Crippen molar-refractivity contribution in [3.63, 3.8) is 0 Å². The van der Waals surface area contributed by atoms with Crippen LogP contribution in [0.25, 0.3) is 0 Å². The molecule has 0 fully saturated rings.